The van der Waals surface area contributed by atoms with Crippen LogP contribution in [0.3, 0.4) is 0 Å². The predicted octanol–water partition coefficient (Wildman–Crippen LogP) is 1.02. The van der Waals surface area contributed by atoms with Crippen molar-refractivity contribution in [1.29, 1.82) is 0 Å². The van der Waals surface area contributed by atoms with Crippen LogP contribution < -0.4 is 0 Å². The van der Waals surface area contributed by atoms with Crippen LogP contribution in [-0.2, 0) is 4.79 Å². The van der Waals surface area contributed by atoms with E-state index in [1.807, 2.05) is 0 Å². The van der Waals surface area contributed by atoms with E-state index in [0.717, 1.165) is 19.5 Å². The van der Waals surface area contributed by atoms with E-state index >= 15 is 0 Å². The largest absolute Gasteiger partial charge is 0.480 e. The van der Waals surface area contributed by atoms with Gasteiger partial charge >= 0.3 is 5.97 Å². The van der Waals surface area contributed by atoms with Crippen molar-refractivity contribution in [3.05, 3.63) is 0 Å². The second kappa shape index (κ2) is 5.64. The van der Waals surface area contributed by atoms with Crippen molar-refractivity contribution in [3.8, 4) is 0 Å². The minimum atomic E-state index is -0.689. The molecule has 0 bridgehead atoms. The number of piperidine rings is 1. The minimum absolute atomic E-state index is 0.221. The van der Waals surface area contributed by atoms with Gasteiger partial charge < -0.3 is 10.0 Å². The van der Waals surface area contributed by atoms with E-state index in [9.17, 15) is 4.79 Å². The Morgan fingerprint density at radius 3 is 2.56 bits per heavy atom. The van der Waals surface area contributed by atoms with Gasteiger partial charge in [-0.25, -0.2) is 0 Å². The molecule has 0 aromatic rings. The van der Waals surface area contributed by atoms with Gasteiger partial charge in [-0.05, 0) is 45.3 Å². The van der Waals surface area contributed by atoms with Crippen LogP contribution in [0.4, 0.5) is 0 Å². The number of nitrogens with zero attached hydrogens (tertiary/aromatic N) is 2. The molecule has 2 saturated heterocycles. The lowest BCUT2D eigenvalue weighted by Crippen LogP contribution is -2.43. The number of aliphatic carboxylic acids is 1. The van der Waals surface area contributed by atoms with Crippen molar-refractivity contribution in [2.75, 3.05) is 32.7 Å². The average Bonchev–Trinajstić information content (AvgIpc) is 2.66. The Morgan fingerprint density at radius 1 is 1.12 bits per heavy atom. The first-order valence-corrected chi connectivity index (χ1v) is 6.44. The second-order valence-corrected chi connectivity index (χ2v) is 5.02. The summed E-state index contributed by atoms with van der Waals surface area (Å²) in [6.07, 6.45) is 6.31. The fraction of sp³-hybridized carbons (Fsp3) is 0.917. The Labute approximate surface area is 97.2 Å². The maximum atomic E-state index is 10.7. The van der Waals surface area contributed by atoms with Crippen LogP contribution in [0.1, 0.15) is 32.1 Å². The molecule has 92 valence electrons. The second-order valence-electron chi connectivity index (χ2n) is 5.02. The molecule has 2 aliphatic heterocycles. The van der Waals surface area contributed by atoms with Crippen molar-refractivity contribution < 1.29 is 9.90 Å². The summed E-state index contributed by atoms with van der Waals surface area (Å²) in [5, 5.41) is 8.84. The van der Waals surface area contributed by atoms with Gasteiger partial charge in [0, 0.05) is 12.6 Å². The third-order valence-electron chi connectivity index (χ3n) is 3.76. The summed E-state index contributed by atoms with van der Waals surface area (Å²) in [5.74, 6) is -0.689. The molecule has 0 aromatic carbocycles. The number of hydrogen-bond donors (Lipinski definition) is 1. The molecule has 0 aromatic heterocycles. The van der Waals surface area contributed by atoms with E-state index in [1.54, 1.807) is 0 Å². The SMILES string of the molecule is O=C(O)CN1CCCC1CN1CCCCC1. The van der Waals surface area contributed by atoms with E-state index < -0.39 is 5.97 Å². The molecule has 0 aliphatic carbocycles. The summed E-state index contributed by atoms with van der Waals surface area (Å²) in [4.78, 5) is 15.4. The number of hydrogen-bond acceptors (Lipinski definition) is 3. The zero-order valence-corrected chi connectivity index (χ0v) is 9.90. The van der Waals surface area contributed by atoms with E-state index in [2.05, 4.69) is 9.80 Å². The maximum Gasteiger partial charge on any atom is 0.317 e. The highest BCUT2D eigenvalue weighted by atomic mass is 16.4. The molecule has 4 nitrogen and oxygen atoms in total. The lowest BCUT2D eigenvalue weighted by Gasteiger charge is -2.32. The highest BCUT2D eigenvalue weighted by Gasteiger charge is 2.27. The van der Waals surface area contributed by atoms with Gasteiger partial charge in [-0.2, -0.15) is 0 Å². The van der Waals surface area contributed by atoms with Crippen LogP contribution in [-0.4, -0.2) is 59.6 Å². The van der Waals surface area contributed by atoms with Crippen molar-refractivity contribution >= 4 is 5.97 Å². The topological polar surface area (TPSA) is 43.8 Å². The predicted molar refractivity (Wildman–Crippen MR) is 62.5 cm³/mol. The molecule has 0 saturated carbocycles. The summed E-state index contributed by atoms with van der Waals surface area (Å²) in [5.41, 5.74) is 0. The number of likely N-dealkylation sites (tertiary alicyclic amines) is 2. The lowest BCUT2D eigenvalue weighted by atomic mass is 10.1. The summed E-state index contributed by atoms with van der Waals surface area (Å²) >= 11 is 0. The number of carboxylic acid groups (broad SMARTS) is 1. The number of rotatable bonds is 4. The molecule has 16 heavy (non-hydrogen) atoms. The normalized spacial score (nSPS) is 28.4. The molecule has 0 radical (unpaired) electrons. The van der Waals surface area contributed by atoms with Gasteiger partial charge in [0.25, 0.3) is 0 Å². The molecule has 1 atom stereocenters. The molecule has 2 rings (SSSR count). The minimum Gasteiger partial charge on any atom is -0.480 e. The van der Waals surface area contributed by atoms with Gasteiger partial charge in [-0.15, -0.1) is 0 Å². The fourth-order valence-electron chi connectivity index (χ4n) is 2.92. The van der Waals surface area contributed by atoms with E-state index in [4.69, 9.17) is 5.11 Å². The first-order valence-electron chi connectivity index (χ1n) is 6.44. The van der Waals surface area contributed by atoms with Crippen molar-refractivity contribution in [2.24, 2.45) is 0 Å². The molecule has 2 heterocycles. The van der Waals surface area contributed by atoms with Crippen molar-refractivity contribution in [2.45, 2.75) is 38.1 Å². The Bertz CT molecular complexity index is 239. The summed E-state index contributed by atoms with van der Waals surface area (Å²) < 4.78 is 0. The van der Waals surface area contributed by atoms with Gasteiger partial charge in [0.15, 0.2) is 0 Å². The van der Waals surface area contributed by atoms with Crippen molar-refractivity contribution in [1.82, 2.24) is 9.80 Å². The average molecular weight is 226 g/mol. The highest BCUT2D eigenvalue weighted by molar-refractivity contribution is 5.69. The molecule has 1 N–H and O–H groups in total. The monoisotopic (exact) mass is 226 g/mol. The summed E-state index contributed by atoms with van der Waals surface area (Å²) in [6, 6.07) is 0.481. The number of carboxylic acids is 1. The Hall–Kier alpha value is -0.610. The van der Waals surface area contributed by atoms with Crippen LogP contribution in [0.2, 0.25) is 0 Å². The van der Waals surface area contributed by atoms with E-state index in [1.165, 1.54) is 38.8 Å². The van der Waals surface area contributed by atoms with Gasteiger partial charge in [-0.1, -0.05) is 6.42 Å². The van der Waals surface area contributed by atoms with Crippen LogP contribution in [0.5, 0.6) is 0 Å². The molecular formula is C12H22N2O2. The quantitative estimate of drug-likeness (QED) is 0.777. The third-order valence-corrected chi connectivity index (χ3v) is 3.76. The zero-order valence-electron chi connectivity index (χ0n) is 9.90. The first-order chi connectivity index (χ1) is 7.75. The highest BCUT2D eigenvalue weighted by Crippen LogP contribution is 2.19. The standard InChI is InChI=1S/C12H22N2O2/c15-12(16)10-14-8-4-5-11(14)9-13-6-2-1-3-7-13/h11H,1-10H2,(H,15,16). The molecule has 0 amide bonds. The lowest BCUT2D eigenvalue weighted by molar-refractivity contribution is -0.138. The van der Waals surface area contributed by atoms with Gasteiger partial charge in [-0.3, -0.25) is 9.69 Å². The molecule has 0 spiro atoms. The van der Waals surface area contributed by atoms with Crippen LogP contribution in [0.15, 0.2) is 0 Å². The first kappa shape index (κ1) is 11.9. The summed E-state index contributed by atoms with van der Waals surface area (Å²) in [7, 11) is 0. The smallest absolute Gasteiger partial charge is 0.317 e. The Balaban J connectivity index is 1.80. The Kier molecular flexibility index (Phi) is 4.18. The van der Waals surface area contributed by atoms with Gasteiger partial charge in [0.05, 0.1) is 6.54 Å². The van der Waals surface area contributed by atoms with Gasteiger partial charge in [0.2, 0.25) is 0 Å². The van der Waals surface area contributed by atoms with Crippen LogP contribution in [0, 0.1) is 0 Å². The number of carbonyl (C=O) groups is 1. The summed E-state index contributed by atoms with van der Waals surface area (Å²) in [6.45, 7) is 4.67. The Morgan fingerprint density at radius 2 is 1.88 bits per heavy atom. The molecule has 2 fully saturated rings. The third kappa shape index (κ3) is 3.19. The fourth-order valence-corrected chi connectivity index (χ4v) is 2.92. The molecule has 4 heteroatoms. The van der Waals surface area contributed by atoms with Crippen LogP contribution >= 0.6 is 0 Å². The molecule has 1 unspecified atom stereocenters. The van der Waals surface area contributed by atoms with Crippen LogP contribution in [0.25, 0.3) is 0 Å². The van der Waals surface area contributed by atoms with Crippen molar-refractivity contribution in [3.63, 3.8) is 0 Å². The van der Waals surface area contributed by atoms with E-state index in [0.29, 0.717) is 6.04 Å². The zero-order chi connectivity index (χ0) is 11.4. The van der Waals surface area contributed by atoms with E-state index in [-0.39, 0.29) is 6.54 Å². The van der Waals surface area contributed by atoms with Gasteiger partial charge in [0.1, 0.15) is 0 Å². The molecular weight excluding hydrogens is 204 g/mol. The maximum absolute atomic E-state index is 10.7. The molecule has 2 aliphatic rings.